The third-order valence-electron chi connectivity index (χ3n) is 2.08. The summed E-state index contributed by atoms with van der Waals surface area (Å²) in [5, 5.41) is 0. The summed E-state index contributed by atoms with van der Waals surface area (Å²) in [4.78, 5) is 23.3. The quantitative estimate of drug-likeness (QED) is 0.537. The van der Waals surface area contributed by atoms with Crippen molar-refractivity contribution in [3.63, 3.8) is 0 Å². The number of nitrogens with zero attached hydrogens (tertiary/aromatic N) is 1. The molecule has 0 bridgehead atoms. The molecule has 0 unspecified atom stereocenters. The highest BCUT2D eigenvalue weighted by Gasteiger charge is 2.26. The monoisotopic (exact) mass is 227 g/mol. The minimum Gasteiger partial charge on any atom is -0.333 e. The number of hydrogen-bond donors (Lipinski definition) is 0. The van der Waals surface area contributed by atoms with Crippen LogP contribution in [0.2, 0.25) is 0 Å². The van der Waals surface area contributed by atoms with E-state index in [1.165, 1.54) is 0 Å². The van der Waals surface area contributed by atoms with Gasteiger partial charge in [-0.25, -0.2) is 0 Å². The molecule has 1 heterocycles. The smallest absolute Gasteiger partial charge is 0.222 e. The maximum Gasteiger partial charge on any atom is 0.222 e. The van der Waals surface area contributed by atoms with Crippen LogP contribution < -0.4 is 0 Å². The number of carbonyl (C=O) groups is 2. The van der Waals surface area contributed by atoms with Gasteiger partial charge in [0.05, 0.1) is 6.04 Å². The fourth-order valence-corrected chi connectivity index (χ4v) is 1.45. The van der Waals surface area contributed by atoms with Crippen molar-refractivity contribution in [2.75, 3.05) is 6.54 Å². The van der Waals surface area contributed by atoms with Crippen LogP contribution in [0.15, 0.2) is 12.7 Å². The zero-order valence-electron chi connectivity index (χ0n) is 11.0. The van der Waals surface area contributed by atoms with Crippen LogP contribution in [0.25, 0.3) is 0 Å². The molecule has 1 amide bonds. The Labute approximate surface area is 99.5 Å². The second kappa shape index (κ2) is 12.0. The lowest BCUT2D eigenvalue weighted by Crippen LogP contribution is -2.35. The van der Waals surface area contributed by atoms with E-state index in [9.17, 15) is 9.59 Å². The molecule has 3 nitrogen and oxygen atoms in total. The molecule has 16 heavy (non-hydrogen) atoms. The van der Waals surface area contributed by atoms with Gasteiger partial charge in [0, 0.05) is 13.0 Å². The van der Waals surface area contributed by atoms with Gasteiger partial charge in [0.25, 0.3) is 0 Å². The summed E-state index contributed by atoms with van der Waals surface area (Å²) in [7, 11) is 0. The number of likely N-dealkylation sites (tertiary alicyclic amines) is 1. The molecule has 0 radical (unpaired) electrons. The van der Waals surface area contributed by atoms with E-state index >= 15 is 0 Å². The van der Waals surface area contributed by atoms with Gasteiger partial charge < -0.3 is 9.69 Å². The van der Waals surface area contributed by atoms with Crippen molar-refractivity contribution in [1.82, 2.24) is 4.90 Å². The summed E-state index contributed by atoms with van der Waals surface area (Å²) in [6.07, 6.45) is 4.94. The van der Waals surface area contributed by atoms with Gasteiger partial charge >= 0.3 is 0 Å². The van der Waals surface area contributed by atoms with E-state index in [4.69, 9.17) is 0 Å². The average molecular weight is 227 g/mol. The number of rotatable bonds is 2. The van der Waals surface area contributed by atoms with Crippen LogP contribution in [-0.4, -0.2) is 29.7 Å². The topological polar surface area (TPSA) is 37.4 Å². The minimum atomic E-state index is -0.137. The van der Waals surface area contributed by atoms with E-state index in [1.54, 1.807) is 11.0 Å². The number of carbonyl (C=O) groups excluding carboxylic acids is 2. The Balaban J connectivity index is 0. The van der Waals surface area contributed by atoms with Gasteiger partial charge in [0.2, 0.25) is 5.91 Å². The normalized spacial score (nSPS) is 17.5. The van der Waals surface area contributed by atoms with Gasteiger partial charge in [0.1, 0.15) is 6.29 Å². The Bertz CT molecular complexity index is 202. The standard InChI is InChI=1S/C8H13NO2.C3H6.C2H6/c1-2-8(11)9-5-3-4-7(9)6-10;1-3-2;1-2/h6-7H,2-5H2,1H3;3H,1H2,2H3;1-2H3/t7-;;/m0../s1. The predicted molar refractivity (Wildman–Crippen MR) is 68.3 cm³/mol. The highest BCUT2D eigenvalue weighted by molar-refractivity contribution is 5.80. The lowest BCUT2D eigenvalue weighted by atomic mass is 10.2. The van der Waals surface area contributed by atoms with Crippen LogP contribution in [0, 0.1) is 0 Å². The van der Waals surface area contributed by atoms with E-state index in [-0.39, 0.29) is 11.9 Å². The molecule has 1 rings (SSSR count). The van der Waals surface area contributed by atoms with Gasteiger partial charge in [-0.15, -0.1) is 6.58 Å². The van der Waals surface area contributed by atoms with Crippen LogP contribution in [0.1, 0.15) is 47.0 Å². The lowest BCUT2D eigenvalue weighted by molar-refractivity contribution is -0.134. The van der Waals surface area contributed by atoms with Crippen LogP contribution in [-0.2, 0) is 9.59 Å². The number of aldehydes is 1. The molecule has 1 aliphatic rings. The van der Waals surface area contributed by atoms with Crippen LogP contribution in [0.4, 0.5) is 0 Å². The van der Waals surface area contributed by atoms with Crippen molar-refractivity contribution in [1.29, 1.82) is 0 Å². The summed E-state index contributed by atoms with van der Waals surface area (Å²) in [5.41, 5.74) is 0. The molecular weight excluding hydrogens is 202 g/mol. The second-order valence-electron chi connectivity index (χ2n) is 3.19. The molecule has 1 atom stereocenters. The van der Waals surface area contributed by atoms with Crippen molar-refractivity contribution in [2.24, 2.45) is 0 Å². The van der Waals surface area contributed by atoms with Crippen molar-refractivity contribution in [3.05, 3.63) is 12.7 Å². The number of amides is 1. The van der Waals surface area contributed by atoms with E-state index < -0.39 is 0 Å². The van der Waals surface area contributed by atoms with Crippen molar-refractivity contribution >= 4 is 12.2 Å². The highest BCUT2D eigenvalue weighted by atomic mass is 16.2. The molecule has 1 aliphatic heterocycles. The Kier molecular flexibility index (Phi) is 12.9. The maximum absolute atomic E-state index is 11.2. The Morgan fingerprint density at radius 3 is 2.38 bits per heavy atom. The Hall–Kier alpha value is -1.12. The molecule has 0 aromatic heterocycles. The van der Waals surface area contributed by atoms with Gasteiger partial charge in [-0.1, -0.05) is 26.8 Å². The summed E-state index contributed by atoms with van der Waals surface area (Å²) in [5.74, 6) is 0.0969. The van der Waals surface area contributed by atoms with Crippen molar-refractivity contribution in [2.45, 2.75) is 53.0 Å². The molecule has 0 aromatic carbocycles. The third kappa shape index (κ3) is 6.38. The summed E-state index contributed by atoms with van der Waals surface area (Å²) < 4.78 is 0. The first-order valence-corrected chi connectivity index (χ1v) is 6.03. The third-order valence-corrected chi connectivity index (χ3v) is 2.08. The predicted octanol–water partition coefficient (Wildman–Crippen LogP) is 2.80. The summed E-state index contributed by atoms with van der Waals surface area (Å²) in [6.45, 7) is 11.8. The Morgan fingerprint density at radius 1 is 1.50 bits per heavy atom. The van der Waals surface area contributed by atoms with E-state index in [0.717, 1.165) is 25.7 Å². The van der Waals surface area contributed by atoms with Crippen molar-refractivity contribution < 1.29 is 9.59 Å². The molecule has 94 valence electrons. The summed E-state index contributed by atoms with van der Waals surface area (Å²) >= 11 is 0. The largest absolute Gasteiger partial charge is 0.333 e. The van der Waals surface area contributed by atoms with Crippen LogP contribution in [0.3, 0.4) is 0 Å². The van der Waals surface area contributed by atoms with E-state index in [2.05, 4.69) is 6.58 Å². The first kappa shape index (κ1) is 17.3. The molecule has 0 saturated carbocycles. The summed E-state index contributed by atoms with van der Waals surface area (Å²) in [6, 6.07) is -0.137. The maximum atomic E-state index is 11.2. The molecule has 0 aromatic rings. The Morgan fingerprint density at radius 2 is 2.00 bits per heavy atom. The lowest BCUT2D eigenvalue weighted by Gasteiger charge is -2.18. The van der Waals surface area contributed by atoms with E-state index in [0.29, 0.717) is 6.42 Å². The SMILES string of the molecule is C=CC.CC.CCC(=O)N1CCC[C@H]1C=O. The van der Waals surface area contributed by atoms with E-state index in [1.807, 2.05) is 27.7 Å². The molecular formula is C13H25NO2. The van der Waals surface area contributed by atoms with Crippen LogP contribution in [0.5, 0.6) is 0 Å². The molecule has 0 N–H and O–H groups in total. The zero-order valence-corrected chi connectivity index (χ0v) is 11.0. The molecule has 1 fully saturated rings. The van der Waals surface area contributed by atoms with Crippen molar-refractivity contribution in [3.8, 4) is 0 Å². The zero-order chi connectivity index (χ0) is 13.0. The molecule has 3 heteroatoms. The first-order valence-electron chi connectivity index (χ1n) is 6.03. The number of allylic oxidation sites excluding steroid dienone is 1. The van der Waals surface area contributed by atoms with Gasteiger partial charge in [-0.3, -0.25) is 4.79 Å². The van der Waals surface area contributed by atoms with Gasteiger partial charge in [-0.2, -0.15) is 0 Å². The molecule has 0 spiro atoms. The van der Waals surface area contributed by atoms with Gasteiger partial charge in [-0.05, 0) is 19.8 Å². The second-order valence-corrected chi connectivity index (χ2v) is 3.19. The first-order chi connectivity index (χ1) is 7.71. The highest BCUT2D eigenvalue weighted by Crippen LogP contribution is 2.15. The molecule has 1 saturated heterocycles. The number of hydrogen-bond acceptors (Lipinski definition) is 2. The average Bonchev–Trinajstić information content (AvgIpc) is 2.80. The fraction of sp³-hybridized carbons (Fsp3) is 0.692. The minimum absolute atomic E-state index is 0.0969. The van der Waals surface area contributed by atoms with Gasteiger partial charge in [0.15, 0.2) is 0 Å². The fourth-order valence-electron chi connectivity index (χ4n) is 1.45. The molecule has 0 aliphatic carbocycles. The van der Waals surface area contributed by atoms with Crippen LogP contribution >= 0.6 is 0 Å².